The third kappa shape index (κ3) is 4.75. The van der Waals surface area contributed by atoms with E-state index in [9.17, 15) is 0 Å². The minimum absolute atomic E-state index is 0.168. The maximum Gasteiger partial charge on any atom is 0.158 e. The van der Waals surface area contributed by atoms with Crippen molar-refractivity contribution in [1.29, 1.82) is 10.5 Å². The standard InChI is InChI=1S/C10H15N3O2/c11-3-6-13(7-4-12)5-2-10-14-8-1-9-15-10/h10H,1-2,5-9H2. The van der Waals surface area contributed by atoms with Crippen molar-refractivity contribution in [1.82, 2.24) is 4.90 Å². The van der Waals surface area contributed by atoms with Gasteiger partial charge in [0.25, 0.3) is 0 Å². The molecule has 0 unspecified atom stereocenters. The summed E-state index contributed by atoms with van der Waals surface area (Å²) in [5.41, 5.74) is 0. The third-order valence-electron chi connectivity index (χ3n) is 2.17. The molecule has 0 N–H and O–H groups in total. The second kappa shape index (κ2) is 7.19. The lowest BCUT2D eigenvalue weighted by molar-refractivity contribution is -0.182. The fourth-order valence-corrected chi connectivity index (χ4v) is 1.41. The second-order valence-corrected chi connectivity index (χ2v) is 3.34. The first-order valence-electron chi connectivity index (χ1n) is 5.06. The van der Waals surface area contributed by atoms with Gasteiger partial charge in [-0.1, -0.05) is 0 Å². The van der Waals surface area contributed by atoms with E-state index < -0.39 is 0 Å². The highest BCUT2D eigenvalue weighted by atomic mass is 16.7. The molecule has 1 heterocycles. The molecule has 5 nitrogen and oxygen atoms in total. The lowest BCUT2D eigenvalue weighted by Gasteiger charge is -2.25. The van der Waals surface area contributed by atoms with Crippen LogP contribution in [0.4, 0.5) is 0 Å². The average molecular weight is 209 g/mol. The van der Waals surface area contributed by atoms with Crippen molar-refractivity contribution in [3.05, 3.63) is 0 Å². The van der Waals surface area contributed by atoms with Crippen LogP contribution in [-0.2, 0) is 9.47 Å². The van der Waals surface area contributed by atoms with Crippen molar-refractivity contribution >= 4 is 0 Å². The Hall–Kier alpha value is -1.14. The Kier molecular flexibility index (Phi) is 5.72. The topological polar surface area (TPSA) is 69.3 Å². The normalized spacial score (nSPS) is 17.3. The van der Waals surface area contributed by atoms with Crippen molar-refractivity contribution in [3.8, 4) is 12.1 Å². The SMILES string of the molecule is N#CCN(CC#N)CCC1OCCCO1. The summed E-state index contributed by atoms with van der Waals surface area (Å²) in [5, 5.41) is 17.1. The van der Waals surface area contributed by atoms with Gasteiger partial charge in [0, 0.05) is 13.0 Å². The van der Waals surface area contributed by atoms with E-state index >= 15 is 0 Å². The van der Waals surface area contributed by atoms with Gasteiger partial charge >= 0.3 is 0 Å². The Bertz CT molecular complexity index is 234. The zero-order valence-electron chi connectivity index (χ0n) is 8.69. The van der Waals surface area contributed by atoms with Crippen molar-refractivity contribution in [2.75, 3.05) is 32.8 Å². The molecule has 0 atom stereocenters. The molecule has 82 valence electrons. The van der Waals surface area contributed by atoms with E-state index in [1.807, 2.05) is 12.1 Å². The summed E-state index contributed by atoms with van der Waals surface area (Å²) >= 11 is 0. The lowest BCUT2D eigenvalue weighted by Crippen LogP contribution is -2.32. The molecule has 1 fully saturated rings. The van der Waals surface area contributed by atoms with Gasteiger partial charge in [0.05, 0.1) is 38.4 Å². The molecule has 0 aromatic carbocycles. The summed E-state index contributed by atoms with van der Waals surface area (Å²) < 4.78 is 10.7. The Morgan fingerprint density at radius 2 is 1.73 bits per heavy atom. The summed E-state index contributed by atoms with van der Waals surface area (Å²) in [5.74, 6) is 0. The third-order valence-corrected chi connectivity index (χ3v) is 2.17. The van der Waals surface area contributed by atoms with Crippen molar-refractivity contribution in [3.63, 3.8) is 0 Å². The highest BCUT2D eigenvalue weighted by Crippen LogP contribution is 2.08. The second-order valence-electron chi connectivity index (χ2n) is 3.34. The van der Waals surface area contributed by atoms with Gasteiger partial charge in [0.15, 0.2) is 6.29 Å². The molecule has 0 amide bonds. The van der Waals surface area contributed by atoms with Crippen LogP contribution in [0, 0.1) is 22.7 Å². The summed E-state index contributed by atoms with van der Waals surface area (Å²) in [7, 11) is 0. The van der Waals surface area contributed by atoms with Crippen LogP contribution in [-0.4, -0.2) is 44.0 Å². The van der Waals surface area contributed by atoms with E-state index in [0.29, 0.717) is 13.0 Å². The van der Waals surface area contributed by atoms with Crippen LogP contribution < -0.4 is 0 Å². The number of nitrogens with zero attached hydrogens (tertiary/aromatic N) is 3. The fourth-order valence-electron chi connectivity index (χ4n) is 1.41. The minimum Gasteiger partial charge on any atom is -0.353 e. The van der Waals surface area contributed by atoms with Crippen LogP contribution in [0.25, 0.3) is 0 Å². The Morgan fingerprint density at radius 1 is 1.13 bits per heavy atom. The molecule has 0 aromatic heterocycles. The van der Waals surface area contributed by atoms with Gasteiger partial charge in [0.1, 0.15) is 0 Å². The molecule has 0 aliphatic carbocycles. The molecule has 1 aliphatic heterocycles. The van der Waals surface area contributed by atoms with Gasteiger partial charge in [-0.05, 0) is 6.42 Å². The maximum absolute atomic E-state index is 8.54. The quantitative estimate of drug-likeness (QED) is 0.616. The van der Waals surface area contributed by atoms with Gasteiger partial charge < -0.3 is 9.47 Å². The molecule has 1 saturated heterocycles. The summed E-state index contributed by atoms with van der Waals surface area (Å²) in [6.45, 7) is 2.69. The molecular formula is C10H15N3O2. The number of rotatable bonds is 5. The molecule has 0 aromatic rings. The first-order chi connectivity index (χ1) is 7.36. The molecule has 0 saturated carbocycles. The zero-order chi connectivity index (χ0) is 10.9. The van der Waals surface area contributed by atoms with E-state index in [0.717, 1.165) is 19.6 Å². The largest absolute Gasteiger partial charge is 0.353 e. The zero-order valence-corrected chi connectivity index (χ0v) is 8.69. The molecule has 15 heavy (non-hydrogen) atoms. The van der Waals surface area contributed by atoms with Crippen LogP contribution in [0.2, 0.25) is 0 Å². The highest BCUT2D eigenvalue weighted by molar-refractivity contribution is 4.83. The Morgan fingerprint density at radius 3 is 2.27 bits per heavy atom. The Balaban J connectivity index is 2.20. The molecule has 0 radical (unpaired) electrons. The van der Waals surface area contributed by atoms with Crippen LogP contribution in [0.3, 0.4) is 0 Å². The average Bonchev–Trinajstić information content (AvgIpc) is 2.28. The predicted octanol–water partition coefficient (Wildman–Crippen LogP) is 0.489. The molecule has 1 rings (SSSR count). The molecular weight excluding hydrogens is 194 g/mol. The summed E-state index contributed by atoms with van der Waals surface area (Å²) in [6, 6.07) is 4.07. The number of hydrogen-bond acceptors (Lipinski definition) is 5. The summed E-state index contributed by atoms with van der Waals surface area (Å²) in [4.78, 5) is 1.78. The van der Waals surface area contributed by atoms with Crippen LogP contribution >= 0.6 is 0 Å². The van der Waals surface area contributed by atoms with Crippen LogP contribution in [0.15, 0.2) is 0 Å². The minimum atomic E-state index is -0.168. The first kappa shape index (κ1) is 11.9. The van der Waals surface area contributed by atoms with E-state index in [2.05, 4.69) is 0 Å². The molecule has 0 spiro atoms. The number of nitriles is 2. The molecule has 0 bridgehead atoms. The Labute approximate surface area is 89.8 Å². The summed E-state index contributed by atoms with van der Waals surface area (Å²) in [6.07, 6.45) is 1.48. The smallest absolute Gasteiger partial charge is 0.158 e. The van der Waals surface area contributed by atoms with E-state index in [-0.39, 0.29) is 19.4 Å². The lowest BCUT2D eigenvalue weighted by atomic mass is 10.3. The van der Waals surface area contributed by atoms with Crippen LogP contribution in [0.5, 0.6) is 0 Å². The maximum atomic E-state index is 8.54. The van der Waals surface area contributed by atoms with Gasteiger partial charge in [0.2, 0.25) is 0 Å². The monoisotopic (exact) mass is 209 g/mol. The van der Waals surface area contributed by atoms with Gasteiger partial charge in [-0.15, -0.1) is 0 Å². The first-order valence-corrected chi connectivity index (χ1v) is 5.06. The fraction of sp³-hybridized carbons (Fsp3) is 0.800. The number of ether oxygens (including phenoxy) is 2. The molecule has 1 aliphatic rings. The van der Waals surface area contributed by atoms with Crippen molar-refractivity contribution in [2.45, 2.75) is 19.1 Å². The van der Waals surface area contributed by atoms with Crippen molar-refractivity contribution < 1.29 is 9.47 Å². The predicted molar refractivity (Wildman–Crippen MR) is 52.6 cm³/mol. The van der Waals surface area contributed by atoms with Gasteiger partial charge in [-0.2, -0.15) is 10.5 Å². The van der Waals surface area contributed by atoms with Gasteiger partial charge in [-0.3, -0.25) is 4.90 Å². The van der Waals surface area contributed by atoms with Gasteiger partial charge in [-0.25, -0.2) is 0 Å². The van der Waals surface area contributed by atoms with E-state index in [4.69, 9.17) is 20.0 Å². The molecule has 5 heteroatoms. The highest BCUT2D eigenvalue weighted by Gasteiger charge is 2.15. The van der Waals surface area contributed by atoms with Crippen LogP contribution in [0.1, 0.15) is 12.8 Å². The van der Waals surface area contributed by atoms with E-state index in [1.54, 1.807) is 4.90 Å². The van der Waals surface area contributed by atoms with E-state index in [1.165, 1.54) is 0 Å². The van der Waals surface area contributed by atoms with Crippen molar-refractivity contribution in [2.24, 2.45) is 0 Å². The number of hydrogen-bond donors (Lipinski definition) is 0.